The van der Waals surface area contributed by atoms with E-state index >= 15 is 0 Å². The highest BCUT2D eigenvalue weighted by Crippen LogP contribution is 2.36. The predicted molar refractivity (Wildman–Crippen MR) is 132 cm³/mol. The smallest absolute Gasteiger partial charge is 0.270 e. The zero-order valence-corrected chi connectivity index (χ0v) is 19.0. The van der Waals surface area contributed by atoms with Gasteiger partial charge >= 0.3 is 0 Å². The third-order valence-electron chi connectivity index (χ3n) is 4.30. The molecule has 0 aromatic heterocycles. The van der Waals surface area contributed by atoms with E-state index in [4.69, 9.17) is 17.0 Å². The van der Waals surface area contributed by atoms with Crippen LogP contribution in [0.5, 0.6) is 5.75 Å². The maximum absolute atomic E-state index is 12.9. The molecule has 1 heterocycles. The molecule has 1 aliphatic rings. The lowest BCUT2D eigenvalue weighted by atomic mass is 10.2. The fraction of sp³-hybridized carbons (Fsp3) is 0.0435. The lowest BCUT2D eigenvalue weighted by Gasteiger charge is -2.13. The minimum Gasteiger partial charge on any atom is -0.488 e. The molecule has 0 atom stereocenters. The van der Waals surface area contributed by atoms with E-state index in [1.165, 1.54) is 11.8 Å². The van der Waals surface area contributed by atoms with Gasteiger partial charge in [-0.1, -0.05) is 78.6 Å². The Morgan fingerprint density at radius 1 is 1.00 bits per heavy atom. The zero-order chi connectivity index (χ0) is 20.2. The van der Waals surface area contributed by atoms with Crippen LogP contribution >= 0.6 is 46.6 Å². The van der Waals surface area contributed by atoms with Crippen LogP contribution in [-0.2, 0) is 11.4 Å². The Morgan fingerprint density at radius 2 is 1.69 bits per heavy atom. The number of nitrogens with zero attached hydrogens (tertiary/aromatic N) is 1. The number of para-hydroxylation sites is 1. The molecule has 0 spiro atoms. The van der Waals surface area contributed by atoms with Gasteiger partial charge in [-0.15, -0.1) is 0 Å². The monoisotopic (exact) mass is 529 g/mol. The summed E-state index contributed by atoms with van der Waals surface area (Å²) in [6.07, 6.45) is 1.88. The summed E-state index contributed by atoms with van der Waals surface area (Å²) in [6, 6.07) is 25.4. The minimum atomic E-state index is -0.0920. The van der Waals surface area contributed by atoms with E-state index in [0.717, 1.165) is 26.1 Å². The van der Waals surface area contributed by atoms with Gasteiger partial charge in [0.05, 0.1) is 14.2 Å². The molecule has 1 saturated heterocycles. The molecular weight excluding hydrogens is 513 g/mol. The molecule has 3 aromatic carbocycles. The number of carbonyl (C=O) groups is 1. The summed E-state index contributed by atoms with van der Waals surface area (Å²) in [6.45, 7) is 0.520. The number of carbonyl (C=O) groups excluding carboxylic acids is 1. The molecule has 4 rings (SSSR count). The van der Waals surface area contributed by atoms with Crippen molar-refractivity contribution >= 4 is 68.6 Å². The molecule has 1 fully saturated rings. The number of benzene rings is 3. The van der Waals surface area contributed by atoms with Crippen molar-refractivity contribution in [2.75, 3.05) is 4.90 Å². The number of thiocarbonyl (C=S) groups is 1. The van der Waals surface area contributed by atoms with Gasteiger partial charge < -0.3 is 4.74 Å². The first-order chi connectivity index (χ1) is 14.1. The number of hydrogen-bond donors (Lipinski definition) is 0. The van der Waals surface area contributed by atoms with E-state index in [9.17, 15) is 4.79 Å². The van der Waals surface area contributed by atoms with Crippen molar-refractivity contribution in [1.29, 1.82) is 0 Å². The molecule has 0 unspecified atom stereocenters. The van der Waals surface area contributed by atoms with Gasteiger partial charge in [0.15, 0.2) is 4.32 Å². The molecule has 3 aromatic rings. The highest BCUT2D eigenvalue weighted by molar-refractivity contribution is 14.1. The van der Waals surface area contributed by atoms with Crippen molar-refractivity contribution < 1.29 is 9.53 Å². The van der Waals surface area contributed by atoms with E-state index in [2.05, 4.69) is 22.6 Å². The Labute approximate surface area is 192 Å². The lowest BCUT2D eigenvalue weighted by Crippen LogP contribution is -2.27. The van der Waals surface area contributed by atoms with Crippen molar-refractivity contribution in [3.8, 4) is 5.75 Å². The number of halogens is 1. The van der Waals surface area contributed by atoms with E-state index in [-0.39, 0.29) is 5.91 Å². The Kier molecular flexibility index (Phi) is 6.32. The predicted octanol–water partition coefficient (Wildman–Crippen LogP) is 6.28. The second-order valence-electron chi connectivity index (χ2n) is 6.32. The summed E-state index contributed by atoms with van der Waals surface area (Å²) in [5.74, 6) is 0.731. The van der Waals surface area contributed by atoms with E-state index < -0.39 is 0 Å². The summed E-state index contributed by atoms with van der Waals surface area (Å²) in [7, 11) is 0. The number of thioether (sulfide) groups is 1. The Hall–Kier alpha value is -2.16. The van der Waals surface area contributed by atoms with Gasteiger partial charge in [0.25, 0.3) is 5.91 Å². The highest BCUT2D eigenvalue weighted by atomic mass is 127. The summed E-state index contributed by atoms with van der Waals surface area (Å²) in [5.41, 5.74) is 2.85. The Morgan fingerprint density at radius 3 is 2.38 bits per heavy atom. The maximum Gasteiger partial charge on any atom is 0.270 e. The lowest BCUT2D eigenvalue weighted by molar-refractivity contribution is -0.113. The molecule has 0 N–H and O–H groups in total. The van der Waals surface area contributed by atoms with Crippen LogP contribution in [0, 0.1) is 3.57 Å². The van der Waals surface area contributed by atoms with E-state index in [1.54, 1.807) is 4.90 Å². The van der Waals surface area contributed by atoms with Crippen LogP contribution in [0.4, 0.5) is 5.69 Å². The SMILES string of the molecule is O=C1/C(=C\c2ccc(OCc3ccccc3)c(I)c2)SC(=S)N1c1ccccc1. The van der Waals surface area contributed by atoms with Crippen molar-refractivity contribution in [1.82, 2.24) is 0 Å². The third-order valence-corrected chi connectivity index (χ3v) is 6.44. The first-order valence-electron chi connectivity index (χ1n) is 8.91. The molecule has 29 heavy (non-hydrogen) atoms. The van der Waals surface area contributed by atoms with Crippen molar-refractivity contribution in [2.45, 2.75) is 6.61 Å². The summed E-state index contributed by atoms with van der Waals surface area (Å²) in [5, 5.41) is 0. The van der Waals surface area contributed by atoms with Gasteiger partial charge in [-0.05, 0) is 64.1 Å². The average Bonchev–Trinajstić information content (AvgIpc) is 3.02. The Balaban J connectivity index is 1.50. The molecule has 1 aliphatic heterocycles. The van der Waals surface area contributed by atoms with Crippen LogP contribution in [0.1, 0.15) is 11.1 Å². The molecule has 0 bridgehead atoms. The second kappa shape index (κ2) is 9.11. The van der Waals surface area contributed by atoms with Crippen LogP contribution in [0.15, 0.2) is 83.8 Å². The number of amides is 1. The molecule has 0 saturated carbocycles. The first kappa shape index (κ1) is 20.1. The summed E-state index contributed by atoms with van der Waals surface area (Å²) < 4.78 is 7.47. The average molecular weight is 529 g/mol. The first-order valence-corrected chi connectivity index (χ1v) is 11.2. The highest BCUT2D eigenvalue weighted by Gasteiger charge is 2.33. The van der Waals surface area contributed by atoms with Gasteiger partial charge in [-0.3, -0.25) is 9.69 Å². The third kappa shape index (κ3) is 4.71. The molecule has 0 aliphatic carbocycles. The Bertz CT molecular complexity index is 1080. The van der Waals surface area contributed by atoms with Crippen molar-refractivity contribution in [2.24, 2.45) is 0 Å². The zero-order valence-electron chi connectivity index (χ0n) is 15.2. The van der Waals surface area contributed by atoms with Crippen molar-refractivity contribution in [3.05, 3.63) is 98.5 Å². The van der Waals surface area contributed by atoms with Gasteiger partial charge in [0, 0.05) is 0 Å². The summed E-state index contributed by atoms with van der Waals surface area (Å²) >= 11 is 9.01. The maximum atomic E-state index is 12.9. The normalized spacial score (nSPS) is 15.2. The van der Waals surface area contributed by atoms with Crippen LogP contribution in [0.2, 0.25) is 0 Å². The molecular formula is C23H16INO2S2. The van der Waals surface area contributed by atoms with Crippen LogP contribution < -0.4 is 9.64 Å². The molecule has 0 radical (unpaired) electrons. The fourth-order valence-corrected chi connectivity index (χ4v) is 4.87. The van der Waals surface area contributed by atoms with Crippen LogP contribution in [0.25, 0.3) is 6.08 Å². The number of rotatable bonds is 5. The van der Waals surface area contributed by atoms with E-state index in [1.807, 2.05) is 84.9 Å². The van der Waals surface area contributed by atoms with Gasteiger partial charge in [-0.25, -0.2) is 0 Å². The minimum absolute atomic E-state index is 0.0920. The van der Waals surface area contributed by atoms with Gasteiger partial charge in [0.2, 0.25) is 0 Å². The largest absolute Gasteiger partial charge is 0.488 e. The molecule has 6 heteroatoms. The topological polar surface area (TPSA) is 29.5 Å². The van der Waals surface area contributed by atoms with Crippen molar-refractivity contribution in [3.63, 3.8) is 0 Å². The number of ether oxygens (including phenoxy) is 1. The number of anilines is 1. The van der Waals surface area contributed by atoms with Crippen LogP contribution in [0.3, 0.4) is 0 Å². The molecule has 144 valence electrons. The second-order valence-corrected chi connectivity index (χ2v) is 9.15. The number of hydrogen-bond acceptors (Lipinski definition) is 4. The molecule has 1 amide bonds. The van der Waals surface area contributed by atoms with Crippen LogP contribution in [-0.4, -0.2) is 10.2 Å². The quantitative estimate of drug-likeness (QED) is 0.221. The van der Waals surface area contributed by atoms with Gasteiger partial charge in [-0.2, -0.15) is 0 Å². The fourth-order valence-electron chi connectivity index (χ4n) is 2.88. The standard InChI is InChI=1S/C23H16INO2S2/c24-19-13-17(11-12-20(19)27-15-16-7-3-1-4-8-16)14-21-22(26)25(23(28)29-21)18-9-5-2-6-10-18/h1-14H,15H2/b21-14+. The van der Waals surface area contributed by atoms with E-state index in [0.29, 0.717) is 15.8 Å². The van der Waals surface area contributed by atoms with Gasteiger partial charge in [0.1, 0.15) is 12.4 Å². The molecule has 3 nitrogen and oxygen atoms in total. The summed E-state index contributed by atoms with van der Waals surface area (Å²) in [4.78, 5) is 15.1.